The van der Waals surface area contributed by atoms with E-state index in [9.17, 15) is 0 Å². The summed E-state index contributed by atoms with van der Waals surface area (Å²) in [4.78, 5) is 4.33. The Hall–Kier alpha value is -1.29. The third-order valence-corrected chi connectivity index (χ3v) is 3.02. The lowest BCUT2D eigenvalue weighted by Gasteiger charge is -2.22. The largest absolute Gasteiger partial charge is 0.285 e. The van der Waals surface area contributed by atoms with Crippen molar-refractivity contribution >= 4 is 24.3 Å². The van der Waals surface area contributed by atoms with Gasteiger partial charge in [-0.3, -0.25) is 4.31 Å². The van der Waals surface area contributed by atoms with E-state index < -0.39 is 0 Å². The van der Waals surface area contributed by atoms with Crippen molar-refractivity contribution in [3.8, 4) is 0 Å². The van der Waals surface area contributed by atoms with Crippen LogP contribution in [-0.4, -0.2) is 22.5 Å². The van der Waals surface area contributed by atoms with Crippen LogP contribution in [0.25, 0.3) is 0 Å². The Labute approximate surface area is 94.2 Å². The zero-order valence-corrected chi connectivity index (χ0v) is 9.61. The van der Waals surface area contributed by atoms with Gasteiger partial charge in [0.15, 0.2) is 5.84 Å². The number of hydrogen-bond donors (Lipinski definition) is 0. The van der Waals surface area contributed by atoms with Crippen molar-refractivity contribution in [1.82, 2.24) is 4.31 Å². The third-order valence-electron chi connectivity index (χ3n) is 2.06. The topological polar surface area (TPSA) is 28.0 Å². The second kappa shape index (κ2) is 4.49. The normalized spacial score (nSPS) is 15.7. The molecule has 78 valence electrons. The van der Waals surface area contributed by atoms with Gasteiger partial charge in [-0.1, -0.05) is 30.3 Å². The molecule has 0 amide bonds. The summed E-state index contributed by atoms with van der Waals surface area (Å²) in [7, 11) is 0. The predicted octanol–water partition coefficient (Wildman–Crippen LogP) is 2.75. The Balaban J connectivity index is 2.13. The van der Waals surface area contributed by atoms with Crippen molar-refractivity contribution < 1.29 is 0 Å². The van der Waals surface area contributed by atoms with Crippen molar-refractivity contribution in [3.05, 3.63) is 35.9 Å². The van der Waals surface area contributed by atoms with Gasteiger partial charge in [0.2, 0.25) is 0 Å². The summed E-state index contributed by atoms with van der Waals surface area (Å²) in [6.45, 7) is 4.23. The minimum absolute atomic E-state index is 0.417. The van der Waals surface area contributed by atoms with Crippen LogP contribution in [0.2, 0.25) is 0 Å². The van der Waals surface area contributed by atoms with E-state index in [0.29, 0.717) is 6.04 Å². The molecule has 0 fully saturated rings. The van der Waals surface area contributed by atoms with Crippen molar-refractivity contribution in [2.24, 2.45) is 9.39 Å². The molecule has 0 aromatic heterocycles. The molecule has 15 heavy (non-hydrogen) atoms. The second-order valence-corrected chi connectivity index (χ2v) is 4.33. The summed E-state index contributed by atoms with van der Waals surface area (Å²) in [6.07, 6.45) is 1.84. The molecule has 0 atom stereocenters. The smallest absolute Gasteiger partial charge is 0.170 e. The fourth-order valence-electron chi connectivity index (χ4n) is 1.18. The molecule has 0 spiro atoms. The van der Waals surface area contributed by atoms with Gasteiger partial charge < -0.3 is 0 Å². The molecule has 0 N–H and O–H groups in total. The van der Waals surface area contributed by atoms with Crippen molar-refractivity contribution in [3.63, 3.8) is 0 Å². The Morgan fingerprint density at radius 1 is 1.20 bits per heavy atom. The quantitative estimate of drug-likeness (QED) is 0.715. The van der Waals surface area contributed by atoms with Crippen LogP contribution in [0.4, 0.5) is 0 Å². The highest BCUT2D eigenvalue weighted by Crippen LogP contribution is 2.19. The lowest BCUT2D eigenvalue weighted by atomic mass is 10.2. The van der Waals surface area contributed by atoms with Gasteiger partial charge in [0, 0.05) is 11.6 Å². The Morgan fingerprint density at radius 3 is 2.47 bits per heavy atom. The monoisotopic (exact) mass is 219 g/mol. The summed E-state index contributed by atoms with van der Waals surface area (Å²) < 4.78 is 6.38. The summed E-state index contributed by atoms with van der Waals surface area (Å²) in [6, 6.07) is 10.4. The highest BCUT2D eigenvalue weighted by molar-refractivity contribution is 7.96. The minimum Gasteiger partial charge on any atom is -0.285 e. The van der Waals surface area contributed by atoms with Crippen LogP contribution >= 0.6 is 12.1 Å². The number of hydrogen-bond acceptors (Lipinski definition) is 4. The average molecular weight is 219 g/mol. The molecule has 0 bridgehead atoms. The Kier molecular flexibility index (Phi) is 3.06. The molecule has 0 saturated heterocycles. The van der Waals surface area contributed by atoms with E-state index >= 15 is 0 Å². The SMILES string of the molecule is CC(C)N1C=NC(c2ccccc2)=NS1. The van der Waals surface area contributed by atoms with E-state index in [1.54, 1.807) is 0 Å². The van der Waals surface area contributed by atoms with Crippen LogP contribution < -0.4 is 0 Å². The maximum absolute atomic E-state index is 4.36. The Bertz CT molecular complexity index is 384. The van der Waals surface area contributed by atoms with E-state index in [1.165, 1.54) is 12.1 Å². The molecule has 1 aliphatic heterocycles. The first-order chi connectivity index (χ1) is 7.27. The summed E-state index contributed by atoms with van der Waals surface area (Å²) >= 11 is 1.45. The number of nitrogens with zero attached hydrogens (tertiary/aromatic N) is 3. The average Bonchev–Trinajstić information content (AvgIpc) is 2.30. The number of amidine groups is 1. The first-order valence-electron chi connectivity index (χ1n) is 4.90. The highest BCUT2D eigenvalue weighted by Gasteiger charge is 2.12. The fraction of sp³-hybridized carbons (Fsp3) is 0.273. The molecule has 1 aliphatic rings. The third kappa shape index (κ3) is 2.39. The zero-order valence-electron chi connectivity index (χ0n) is 8.79. The first-order valence-corrected chi connectivity index (χ1v) is 5.63. The fourth-order valence-corrected chi connectivity index (χ4v) is 1.79. The lowest BCUT2D eigenvalue weighted by Crippen LogP contribution is -2.24. The van der Waals surface area contributed by atoms with E-state index in [4.69, 9.17) is 0 Å². The van der Waals surface area contributed by atoms with Gasteiger partial charge in [0.25, 0.3) is 0 Å². The van der Waals surface area contributed by atoms with Gasteiger partial charge in [0.05, 0.1) is 12.1 Å². The van der Waals surface area contributed by atoms with E-state index in [2.05, 4.69) is 23.2 Å². The molecule has 4 heteroatoms. The van der Waals surface area contributed by atoms with E-state index in [-0.39, 0.29) is 0 Å². The Morgan fingerprint density at radius 2 is 1.93 bits per heavy atom. The van der Waals surface area contributed by atoms with Crippen LogP contribution in [0.15, 0.2) is 39.7 Å². The molecule has 3 nitrogen and oxygen atoms in total. The molecule has 1 aromatic rings. The van der Waals surface area contributed by atoms with Gasteiger partial charge in [-0.05, 0) is 13.8 Å². The standard InChI is InChI=1S/C11H13N3S/c1-9(2)14-8-12-11(13-15-14)10-6-4-3-5-7-10/h3-9H,1-2H3. The van der Waals surface area contributed by atoms with Gasteiger partial charge >= 0.3 is 0 Å². The summed E-state index contributed by atoms with van der Waals surface area (Å²) in [5, 5.41) is 0. The molecule has 0 saturated carbocycles. The molecular weight excluding hydrogens is 206 g/mol. The number of benzene rings is 1. The number of rotatable bonds is 2. The van der Waals surface area contributed by atoms with Crippen molar-refractivity contribution in [2.75, 3.05) is 0 Å². The van der Waals surface area contributed by atoms with E-state index in [1.807, 2.05) is 41.0 Å². The maximum Gasteiger partial charge on any atom is 0.170 e. The predicted molar refractivity (Wildman–Crippen MR) is 66.0 cm³/mol. The first kappa shape index (κ1) is 10.2. The summed E-state index contributed by atoms with van der Waals surface area (Å²) in [5.74, 6) is 0.789. The van der Waals surface area contributed by atoms with E-state index in [0.717, 1.165) is 11.4 Å². The highest BCUT2D eigenvalue weighted by atomic mass is 32.2. The number of aliphatic imine (C=N–C) groups is 1. The van der Waals surface area contributed by atoms with Gasteiger partial charge in [-0.2, -0.15) is 4.40 Å². The molecule has 2 rings (SSSR count). The van der Waals surface area contributed by atoms with Gasteiger partial charge in [0.1, 0.15) is 6.34 Å². The minimum atomic E-state index is 0.417. The van der Waals surface area contributed by atoms with Crippen LogP contribution in [0.5, 0.6) is 0 Å². The molecule has 1 heterocycles. The summed E-state index contributed by atoms with van der Waals surface area (Å²) in [5.41, 5.74) is 1.06. The molecule has 0 aliphatic carbocycles. The molecule has 0 radical (unpaired) electrons. The van der Waals surface area contributed by atoms with Gasteiger partial charge in [-0.15, -0.1) is 0 Å². The second-order valence-electron chi connectivity index (χ2n) is 3.56. The molecular formula is C11H13N3S. The van der Waals surface area contributed by atoms with Crippen LogP contribution in [0.3, 0.4) is 0 Å². The lowest BCUT2D eigenvalue weighted by molar-refractivity contribution is 0.562. The zero-order chi connectivity index (χ0) is 10.7. The van der Waals surface area contributed by atoms with Crippen molar-refractivity contribution in [1.29, 1.82) is 0 Å². The van der Waals surface area contributed by atoms with Crippen molar-refractivity contribution in [2.45, 2.75) is 19.9 Å². The van der Waals surface area contributed by atoms with Crippen LogP contribution in [0.1, 0.15) is 19.4 Å². The maximum atomic E-state index is 4.36. The van der Waals surface area contributed by atoms with Crippen LogP contribution in [0, 0.1) is 0 Å². The molecule has 0 unspecified atom stereocenters. The van der Waals surface area contributed by atoms with Crippen LogP contribution in [-0.2, 0) is 0 Å². The molecule has 1 aromatic carbocycles. The van der Waals surface area contributed by atoms with Gasteiger partial charge in [-0.25, -0.2) is 4.99 Å².